The van der Waals surface area contributed by atoms with Crippen molar-refractivity contribution >= 4 is 35.6 Å². The molecule has 3 aromatic rings. The number of furan rings is 1. The van der Waals surface area contributed by atoms with Gasteiger partial charge in [0.05, 0.1) is 19.0 Å². The van der Waals surface area contributed by atoms with Crippen molar-refractivity contribution in [2.75, 3.05) is 6.54 Å². The summed E-state index contributed by atoms with van der Waals surface area (Å²) in [5.74, 6) is -1.05. The molecule has 0 unspecified atom stereocenters. The average Bonchev–Trinajstić information content (AvgIpc) is 3.29. The topological polar surface area (TPSA) is 110 Å². The van der Waals surface area contributed by atoms with Crippen molar-refractivity contribution in [3.05, 3.63) is 88.8 Å². The summed E-state index contributed by atoms with van der Waals surface area (Å²) in [6, 6.07) is 15.9. The molecule has 2 amide bonds. The fourth-order valence-corrected chi connectivity index (χ4v) is 2.38. The Bertz CT molecular complexity index is 1050. The average molecular weight is 426 g/mol. The van der Waals surface area contributed by atoms with Gasteiger partial charge in [0.2, 0.25) is 5.76 Å². The number of halogens is 1. The molecule has 0 saturated carbocycles. The van der Waals surface area contributed by atoms with Gasteiger partial charge in [0.1, 0.15) is 5.75 Å². The summed E-state index contributed by atoms with van der Waals surface area (Å²) in [5, 5.41) is 6.82. The molecule has 0 atom stereocenters. The molecule has 1 heterocycles. The van der Waals surface area contributed by atoms with E-state index in [1.807, 2.05) is 0 Å². The molecular formula is C21H16ClN3O5. The molecule has 0 aliphatic rings. The van der Waals surface area contributed by atoms with Crippen LogP contribution >= 0.6 is 11.6 Å². The molecule has 0 fully saturated rings. The van der Waals surface area contributed by atoms with Crippen LogP contribution in [0.3, 0.4) is 0 Å². The number of rotatable bonds is 7. The normalized spacial score (nSPS) is 10.6. The van der Waals surface area contributed by atoms with Crippen LogP contribution in [-0.4, -0.2) is 30.5 Å². The van der Waals surface area contributed by atoms with E-state index in [1.54, 1.807) is 54.6 Å². The van der Waals surface area contributed by atoms with E-state index in [4.69, 9.17) is 20.8 Å². The third kappa shape index (κ3) is 6.05. The number of amides is 2. The smallest absolute Gasteiger partial charge is 0.379 e. The van der Waals surface area contributed by atoms with Gasteiger partial charge < -0.3 is 14.5 Å². The lowest BCUT2D eigenvalue weighted by molar-refractivity contribution is -0.120. The van der Waals surface area contributed by atoms with Crippen LogP contribution in [0.5, 0.6) is 5.75 Å². The van der Waals surface area contributed by atoms with E-state index >= 15 is 0 Å². The van der Waals surface area contributed by atoms with Gasteiger partial charge in [-0.1, -0.05) is 11.6 Å². The highest BCUT2D eigenvalue weighted by molar-refractivity contribution is 6.30. The first-order valence-electron chi connectivity index (χ1n) is 8.73. The predicted octanol–water partition coefficient (Wildman–Crippen LogP) is 3.03. The number of carbonyl (C=O) groups excluding carboxylic acids is 3. The Morgan fingerprint density at radius 3 is 2.43 bits per heavy atom. The van der Waals surface area contributed by atoms with E-state index in [-0.39, 0.29) is 12.3 Å². The maximum atomic E-state index is 11.9. The van der Waals surface area contributed by atoms with E-state index in [2.05, 4.69) is 15.8 Å². The molecule has 2 N–H and O–H groups in total. The highest BCUT2D eigenvalue weighted by Crippen LogP contribution is 2.14. The molecule has 0 spiro atoms. The molecule has 8 nitrogen and oxygen atoms in total. The van der Waals surface area contributed by atoms with Gasteiger partial charge in [0.15, 0.2) is 0 Å². The molecule has 2 aromatic carbocycles. The largest absolute Gasteiger partial charge is 0.457 e. The Morgan fingerprint density at radius 2 is 1.77 bits per heavy atom. The van der Waals surface area contributed by atoms with Gasteiger partial charge in [-0.25, -0.2) is 10.2 Å². The summed E-state index contributed by atoms with van der Waals surface area (Å²) >= 11 is 5.77. The van der Waals surface area contributed by atoms with E-state index in [0.717, 1.165) is 0 Å². The number of hydrogen-bond acceptors (Lipinski definition) is 6. The molecule has 30 heavy (non-hydrogen) atoms. The number of nitrogens with zero attached hydrogens (tertiary/aromatic N) is 1. The van der Waals surface area contributed by atoms with Crippen LogP contribution in [0.25, 0.3) is 0 Å². The molecular weight excluding hydrogens is 410 g/mol. The highest BCUT2D eigenvalue weighted by atomic mass is 35.5. The van der Waals surface area contributed by atoms with Gasteiger partial charge in [0.25, 0.3) is 11.8 Å². The van der Waals surface area contributed by atoms with Crippen molar-refractivity contribution in [1.82, 2.24) is 10.7 Å². The molecule has 3 rings (SSSR count). The fourth-order valence-electron chi connectivity index (χ4n) is 2.26. The number of carbonyl (C=O) groups is 3. The van der Waals surface area contributed by atoms with E-state index in [9.17, 15) is 14.4 Å². The number of ether oxygens (including phenoxy) is 1. The molecule has 0 saturated heterocycles. The number of hydrogen-bond donors (Lipinski definition) is 2. The Kier molecular flexibility index (Phi) is 6.96. The second-order valence-corrected chi connectivity index (χ2v) is 6.36. The van der Waals surface area contributed by atoms with Crippen molar-refractivity contribution in [1.29, 1.82) is 0 Å². The van der Waals surface area contributed by atoms with Crippen molar-refractivity contribution in [3.8, 4) is 5.75 Å². The van der Waals surface area contributed by atoms with Crippen LogP contribution in [0.4, 0.5) is 0 Å². The zero-order chi connectivity index (χ0) is 21.3. The third-order valence-corrected chi connectivity index (χ3v) is 3.98. The molecule has 9 heteroatoms. The summed E-state index contributed by atoms with van der Waals surface area (Å²) in [4.78, 5) is 35.5. The number of benzene rings is 2. The molecule has 152 valence electrons. The lowest BCUT2D eigenvalue weighted by Crippen LogP contribution is -2.34. The minimum absolute atomic E-state index is 0.103. The summed E-state index contributed by atoms with van der Waals surface area (Å²) in [7, 11) is 0. The lowest BCUT2D eigenvalue weighted by Gasteiger charge is -2.04. The quantitative estimate of drug-likeness (QED) is 0.261. The third-order valence-electron chi connectivity index (χ3n) is 3.73. The monoisotopic (exact) mass is 425 g/mol. The predicted molar refractivity (Wildman–Crippen MR) is 110 cm³/mol. The van der Waals surface area contributed by atoms with Gasteiger partial charge in [0, 0.05) is 10.6 Å². The molecule has 1 aromatic heterocycles. The van der Waals surface area contributed by atoms with Crippen LogP contribution in [0.15, 0.2) is 76.4 Å². The fraction of sp³-hybridized carbons (Fsp3) is 0.0476. The van der Waals surface area contributed by atoms with Gasteiger partial charge in [-0.2, -0.15) is 5.10 Å². The van der Waals surface area contributed by atoms with Crippen molar-refractivity contribution < 1.29 is 23.5 Å². The minimum Gasteiger partial charge on any atom is -0.457 e. The maximum absolute atomic E-state index is 11.9. The zero-order valence-electron chi connectivity index (χ0n) is 15.5. The second-order valence-electron chi connectivity index (χ2n) is 5.92. The van der Waals surface area contributed by atoms with E-state index < -0.39 is 17.8 Å². The van der Waals surface area contributed by atoms with Crippen molar-refractivity contribution in [3.63, 3.8) is 0 Å². The summed E-state index contributed by atoms with van der Waals surface area (Å²) in [6.45, 7) is -0.236. The van der Waals surface area contributed by atoms with Crippen molar-refractivity contribution in [2.45, 2.75) is 0 Å². The lowest BCUT2D eigenvalue weighted by atomic mass is 10.2. The summed E-state index contributed by atoms with van der Waals surface area (Å²) < 4.78 is 10.1. The maximum Gasteiger partial charge on any atom is 0.379 e. The van der Waals surface area contributed by atoms with Crippen LogP contribution in [0.1, 0.15) is 26.5 Å². The zero-order valence-corrected chi connectivity index (χ0v) is 16.3. The van der Waals surface area contributed by atoms with E-state index in [1.165, 1.54) is 18.5 Å². The number of hydrazone groups is 1. The molecule has 0 aliphatic carbocycles. The van der Waals surface area contributed by atoms with Gasteiger partial charge in [-0.3, -0.25) is 9.59 Å². The van der Waals surface area contributed by atoms with E-state index in [0.29, 0.717) is 21.9 Å². The Labute approximate surface area is 176 Å². The second kappa shape index (κ2) is 10.0. The first kappa shape index (κ1) is 20.8. The first-order valence-corrected chi connectivity index (χ1v) is 9.10. The van der Waals surface area contributed by atoms with Crippen LogP contribution in [0.2, 0.25) is 5.02 Å². The van der Waals surface area contributed by atoms with Gasteiger partial charge in [-0.15, -0.1) is 0 Å². The van der Waals surface area contributed by atoms with Crippen LogP contribution in [0, 0.1) is 0 Å². The molecule has 0 aliphatic heterocycles. The van der Waals surface area contributed by atoms with Crippen LogP contribution in [-0.2, 0) is 4.79 Å². The Hall–Kier alpha value is -3.91. The van der Waals surface area contributed by atoms with Crippen LogP contribution < -0.4 is 15.5 Å². The molecule has 0 radical (unpaired) electrons. The minimum atomic E-state index is -0.602. The first-order chi connectivity index (χ1) is 14.5. The van der Waals surface area contributed by atoms with Gasteiger partial charge in [-0.05, 0) is 66.2 Å². The Balaban J connectivity index is 1.43. The number of esters is 1. The van der Waals surface area contributed by atoms with Crippen molar-refractivity contribution in [2.24, 2.45) is 5.10 Å². The van der Waals surface area contributed by atoms with Gasteiger partial charge >= 0.3 is 5.97 Å². The standard InChI is InChI=1S/C21H16ClN3O5/c22-16-7-5-15(6-8-16)20(27)23-13-19(26)25-24-12-14-3-9-17(10-4-14)30-21(28)18-2-1-11-29-18/h1-12H,13H2,(H,23,27)(H,25,26). The Morgan fingerprint density at radius 1 is 1.03 bits per heavy atom. The number of nitrogens with one attached hydrogen (secondary N) is 2. The highest BCUT2D eigenvalue weighted by Gasteiger charge is 2.11. The summed E-state index contributed by atoms with van der Waals surface area (Å²) in [6.07, 6.45) is 2.80. The SMILES string of the molecule is O=C(CNC(=O)c1ccc(Cl)cc1)NN=Cc1ccc(OC(=O)c2ccco2)cc1. The molecule has 0 bridgehead atoms. The summed E-state index contributed by atoms with van der Waals surface area (Å²) in [5.41, 5.74) is 3.37.